The summed E-state index contributed by atoms with van der Waals surface area (Å²) in [7, 11) is 3.29. The van der Waals surface area contributed by atoms with Crippen LogP contribution in [0.5, 0.6) is 0 Å². The average Bonchev–Trinajstić information content (AvgIpc) is 2.59. The lowest BCUT2D eigenvalue weighted by Gasteiger charge is -2.21. The first kappa shape index (κ1) is 13.3. The average molecular weight is 288 g/mol. The van der Waals surface area contributed by atoms with Crippen molar-refractivity contribution in [2.75, 3.05) is 12.4 Å². The number of nitrogens with zero attached hydrogens (tertiary/aromatic N) is 1. The Labute approximate surface area is 105 Å². The number of esters is 1. The molecular formula is C12H18BrNO2. The fraction of sp³-hybridized carbons (Fsp3) is 0.583. The maximum absolute atomic E-state index is 11.4. The fourth-order valence-corrected chi connectivity index (χ4v) is 1.78. The second-order valence-electron chi connectivity index (χ2n) is 4.74. The third-order valence-electron chi connectivity index (χ3n) is 2.64. The van der Waals surface area contributed by atoms with Gasteiger partial charge in [-0.05, 0) is 24.0 Å². The van der Waals surface area contributed by atoms with Crippen molar-refractivity contribution in [1.82, 2.24) is 4.57 Å². The zero-order valence-corrected chi connectivity index (χ0v) is 11.8. The molecule has 4 heteroatoms. The van der Waals surface area contributed by atoms with Gasteiger partial charge in [-0.25, -0.2) is 4.79 Å². The normalized spacial score (nSPS) is 11.6. The molecule has 0 saturated carbocycles. The Morgan fingerprint density at radius 3 is 2.62 bits per heavy atom. The van der Waals surface area contributed by atoms with E-state index in [2.05, 4.69) is 29.8 Å². The second-order valence-corrected chi connectivity index (χ2v) is 5.30. The third-order valence-corrected chi connectivity index (χ3v) is 4.16. The van der Waals surface area contributed by atoms with E-state index in [4.69, 9.17) is 4.74 Å². The number of halogens is 1. The highest BCUT2D eigenvalue weighted by atomic mass is 79.9. The molecule has 16 heavy (non-hydrogen) atoms. The van der Waals surface area contributed by atoms with E-state index in [-0.39, 0.29) is 11.4 Å². The van der Waals surface area contributed by atoms with Gasteiger partial charge in [-0.2, -0.15) is 0 Å². The molecule has 0 radical (unpaired) electrons. The number of alkyl halides is 1. The van der Waals surface area contributed by atoms with Crippen LogP contribution in [-0.4, -0.2) is 23.0 Å². The maximum atomic E-state index is 11.4. The van der Waals surface area contributed by atoms with E-state index in [0.717, 1.165) is 17.4 Å². The van der Waals surface area contributed by atoms with Crippen molar-refractivity contribution in [1.29, 1.82) is 0 Å². The summed E-state index contributed by atoms with van der Waals surface area (Å²) in [6, 6.07) is 3.79. The summed E-state index contributed by atoms with van der Waals surface area (Å²) in [4.78, 5) is 11.4. The fourth-order valence-electron chi connectivity index (χ4n) is 1.58. The molecule has 0 N–H and O–H groups in total. The molecule has 0 aliphatic rings. The molecule has 90 valence electrons. The summed E-state index contributed by atoms with van der Waals surface area (Å²) < 4.78 is 6.62. The molecule has 0 amide bonds. The zero-order chi connectivity index (χ0) is 12.3. The number of aromatic nitrogens is 1. The summed E-state index contributed by atoms with van der Waals surface area (Å²) in [5.41, 5.74) is 1.92. The second kappa shape index (κ2) is 5.04. The Bertz CT molecular complexity index is 382. The van der Waals surface area contributed by atoms with E-state index in [1.54, 1.807) is 0 Å². The molecule has 1 rings (SSSR count). The minimum atomic E-state index is -0.287. The van der Waals surface area contributed by atoms with Crippen molar-refractivity contribution in [3.63, 3.8) is 0 Å². The summed E-state index contributed by atoms with van der Waals surface area (Å²) in [5.74, 6) is -0.287. The molecular weight excluding hydrogens is 270 g/mol. The van der Waals surface area contributed by atoms with Crippen LogP contribution >= 0.6 is 15.9 Å². The summed E-state index contributed by atoms with van der Waals surface area (Å²) in [5, 5.41) is 0.929. The van der Waals surface area contributed by atoms with Crippen LogP contribution < -0.4 is 0 Å². The number of ether oxygens (including phenoxy) is 1. The minimum absolute atomic E-state index is 0.180. The SMILES string of the molecule is COC(=O)c1ccc(CC(C)(C)CBr)n1C. The lowest BCUT2D eigenvalue weighted by molar-refractivity contribution is 0.0589. The molecule has 1 heterocycles. The number of carbonyl (C=O) groups excluding carboxylic acids is 1. The molecule has 1 aromatic rings. The molecule has 0 saturated heterocycles. The molecule has 3 nitrogen and oxygen atoms in total. The van der Waals surface area contributed by atoms with Crippen molar-refractivity contribution >= 4 is 21.9 Å². The standard InChI is InChI=1S/C12H18BrNO2/c1-12(2,8-13)7-9-5-6-10(14(9)3)11(15)16-4/h5-6H,7-8H2,1-4H3. The number of hydrogen-bond acceptors (Lipinski definition) is 2. The Balaban J connectivity index is 2.92. The lowest BCUT2D eigenvalue weighted by Crippen LogP contribution is -2.19. The van der Waals surface area contributed by atoms with Crippen molar-refractivity contribution in [3.8, 4) is 0 Å². The Hall–Kier alpha value is -0.770. The monoisotopic (exact) mass is 287 g/mol. The minimum Gasteiger partial charge on any atom is -0.464 e. The van der Waals surface area contributed by atoms with Crippen LogP contribution in [0.15, 0.2) is 12.1 Å². The van der Waals surface area contributed by atoms with Gasteiger partial charge in [0.1, 0.15) is 5.69 Å². The first-order chi connectivity index (χ1) is 7.41. The van der Waals surface area contributed by atoms with Crippen LogP contribution in [0.2, 0.25) is 0 Å². The van der Waals surface area contributed by atoms with E-state index < -0.39 is 0 Å². The van der Waals surface area contributed by atoms with Crippen LogP contribution in [0, 0.1) is 5.41 Å². The Morgan fingerprint density at radius 1 is 1.50 bits per heavy atom. The first-order valence-corrected chi connectivity index (χ1v) is 6.32. The zero-order valence-electron chi connectivity index (χ0n) is 10.2. The quantitative estimate of drug-likeness (QED) is 0.630. The van der Waals surface area contributed by atoms with Gasteiger partial charge in [-0.3, -0.25) is 0 Å². The van der Waals surface area contributed by atoms with E-state index in [1.165, 1.54) is 7.11 Å². The van der Waals surface area contributed by atoms with Crippen LogP contribution in [0.4, 0.5) is 0 Å². The van der Waals surface area contributed by atoms with Crippen LogP contribution in [0.25, 0.3) is 0 Å². The molecule has 0 spiro atoms. The van der Waals surface area contributed by atoms with Crippen LogP contribution in [-0.2, 0) is 18.2 Å². The van der Waals surface area contributed by atoms with Crippen molar-refractivity contribution < 1.29 is 9.53 Å². The Kier molecular flexibility index (Phi) is 4.19. The van der Waals surface area contributed by atoms with Crippen LogP contribution in [0.1, 0.15) is 30.0 Å². The largest absolute Gasteiger partial charge is 0.464 e. The van der Waals surface area contributed by atoms with E-state index in [9.17, 15) is 4.79 Å². The molecule has 0 aliphatic carbocycles. The van der Waals surface area contributed by atoms with Crippen molar-refractivity contribution in [3.05, 3.63) is 23.5 Å². The van der Waals surface area contributed by atoms with Gasteiger partial charge in [0.15, 0.2) is 0 Å². The summed E-state index contributed by atoms with van der Waals surface area (Å²) in [6.45, 7) is 4.37. The van der Waals surface area contributed by atoms with Crippen molar-refractivity contribution in [2.24, 2.45) is 12.5 Å². The van der Waals surface area contributed by atoms with E-state index in [0.29, 0.717) is 5.69 Å². The van der Waals surface area contributed by atoms with Gasteiger partial charge in [-0.15, -0.1) is 0 Å². The smallest absolute Gasteiger partial charge is 0.354 e. The van der Waals surface area contributed by atoms with Gasteiger partial charge in [0, 0.05) is 18.1 Å². The van der Waals surface area contributed by atoms with Gasteiger partial charge in [0.25, 0.3) is 0 Å². The van der Waals surface area contributed by atoms with Gasteiger partial charge in [0.05, 0.1) is 7.11 Å². The van der Waals surface area contributed by atoms with Gasteiger partial charge < -0.3 is 9.30 Å². The highest BCUT2D eigenvalue weighted by Crippen LogP contribution is 2.25. The highest BCUT2D eigenvalue weighted by molar-refractivity contribution is 9.09. The first-order valence-electron chi connectivity index (χ1n) is 5.20. The summed E-state index contributed by atoms with van der Waals surface area (Å²) >= 11 is 3.50. The van der Waals surface area contributed by atoms with Gasteiger partial charge >= 0.3 is 5.97 Å². The maximum Gasteiger partial charge on any atom is 0.354 e. The number of rotatable bonds is 4. The Morgan fingerprint density at radius 2 is 2.12 bits per heavy atom. The molecule has 0 aromatic carbocycles. The molecule has 1 aromatic heterocycles. The van der Waals surface area contributed by atoms with Gasteiger partial charge in [0.2, 0.25) is 0 Å². The molecule has 0 fully saturated rings. The number of methoxy groups -OCH3 is 1. The van der Waals surface area contributed by atoms with E-state index >= 15 is 0 Å². The summed E-state index contributed by atoms with van der Waals surface area (Å²) in [6.07, 6.45) is 0.922. The van der Waals surface area contributed by atoms with Gasteiger partial charge in [-0.1, -0.05) is 29.8 Å². The lowest BCUT2D eigenvalue weighted by atomic mass is 9.90. The third kappa shape index (κ3) is 2.88. The molecule has 0 aliphatic heterocycles. The number of carbonyl (C=O) groups is 1. The number of hydrogen-bond donors (Lipinski definition) is 0. The topological polar surface area (TPSA) is 31.2 Å². The predicted molar refractivity (Wildman–Crippen MR) is 68.0 cm³/mol. The molecule has 0 atom stereocenters. The predicted octanol–water partition coefficient (Wildman–Crippen LogP) is 2.78. The molecule has 0 unspecified atom stereocenters. The molecule has 0 bridgehead atoms. The highest BCUT2D eigenvalue weighted by Gasteiger charge is 2.20. The van der Waals surface area contributed by atoms with E-state index in [1.807, 2.05) is 23.7 Å². The van der Waals surface area contributed by atoms with Crippen molar-refractivity contribution in [2.45, 2.75) is 20.3 Å². The van der Waals surface area contributed by atoms with Crippen LogP contribution in [0.3, 0.4) is 0 Å².